The van der Waals surface area contributed by atoms with Crippen molar-refractivity contribution in [1.29, 1.82) is 0 Å². The lowest BCUT2D eigenvalue weighted by molar-refractivity contribution is -0.137. The van der Waals surface area contributed by atoms with E-state index in [2.05, 4.69) is 18.8 Å². The van der Waals surface area contributed by atoms with Gasteiger partial charge in [-0.15, -0.1) is 0 Å². The van der Waals surface area contributed by atoms with E-state index in [0.717, 1.165) is 35.0 Å². The number of para-hydroxylation sites is 1. The Morgan fingerprint density at radius 2 is 1.64 bits per heavy atom. The Hall–Kier alpha value is -2.30. The van der Waals surface area contributed by atoms with Crippen molar-refractivity contribution in [2.75, 3.05) is 26.2 Å². The summed E-state index contributed by atoms with van der Waals surface area (Å²) < 4.78 is 0. The molecule has 1 fully saturated rings. The molecule has 0 unspecified atom stereocenters. The largest absolute Gasteiger partial charge is 0.358 e. The van der Waals surface area contributed by atoms with E-state index in [4.69, 9.17) is 0 Å². The minimum atomic E-state index is 0.0598. The smallest absolute Gasteiger partial charge is 0.256 e. The fourth-order valence-corrected chi connectivity index (χ4v) is 3.74. The van der Waals surface area contributed by atoms with Gasteiger partial charge in [-0.1, -0.05) is 32.0 Å². The van der Waals surface area contributed by atoms with E-state index in [1.807, 2.05) is 41.0 Å². The van der Waals surface area contributed by atoms with Gasteiger partial charge in [-0.3, -0.25) is 9.59 Å². The second-order valence-electron chi connectivity index (χ2n) is 6.80. The molecular weight excluding hydrogens is 314 g/mol. The summed E-state index contributed by atoms with van der Waals surface area (Å²) in [5.41, 5.74) is 2.66. The predicted octanol–water partition coefficient (Wildman–Crippen LogP) is 3.20. The molecule has 5 nitrogen and oxygen atoms in total. The highest BCUT2D eigenvalue weighted by Crippen LogP contribution is 2.24. The summed E-state index contributed by atoms with van der Waals surface area (Å²) in [7, 11) is 0. The summed E-state index contributed by atoms with van der Waals surface area (Å²) in [6, 6.07) is 7.90. The van der Waals surface area contributed by atoms with E-state index in [1.165, 1.54) is 0 Å². The van der Waals surface area contributed by atoms with Crippen LogP contribution >= 0.6 is 0 Å². The number of carbonyl (C=O) groups is 2. The number of benzene rings is 1. The third kappa shape index (κ3) is 3.28. The molecule has 1 saturated heterocycles. The topological polar surface area (TPSA) is 56.4 Å². The van der Waals surface area contributed by atoms with Gasteiger partial charge in [0.25, 0.3) is 5.91 Å². The standard InChI is InChI=1S/C20H27N3O2/c1-4-15(5-2)19(24)22-10-12-23(13-11-22)20(25)18-14(3)21-17-9-7-6-8-16(17)18/h6-9,15,21H,4-5,10-13H2,1-3H3. The second-order valence-corrected chi connectivity index (χ2v) is 6.80. The van der Waals surface area contributed by atoms with Crippen molar-refractivity contribution in [1.82, 2.24) is 14.8 Å². The van der Waals surface area contributed by atoms with Crippen LogP contribution in [0.4, 0.5) is 0 Å². The molecule has 0 saturated carbocycles. The maximum absolute atomic E-state index is 13.0. The number of aryl methyl sites for hydroxylation is 1. The average Bonchev–Trinajstić information content (AvgIpc) is 2.98. The highest BCUT2D eigenvalue weighted by atomic mass is 16.2. The molecule has 2 heterocycles. The van der Waals surface area contributed by atoms with Crippen LogP contribution in [0.2, 0.25) is 0 Å². The monoisotopic (exact) mass is 341 g/mol. The molecule has 0 spiro atoms. The van der Waals surface area contributed by atoms with Crippen molar-refractivity contribution in [3.8, 4) is 0 Å². The lowest BCUT2D eigenvalue weighted by Gasteiger charge is -2.36. The Labute approximate surface area is 149 Å². The number of aromatic amines is 1. The highest BCUT2D eigenvalue weighted by Gasteiger charge is 2.29. The Kier molecular flexibility index (Phi) is 5.11. The third-order valence-corrected chi connectivity index (χ3v) is 5.32. The van der Waals surface area contributed by atoms with E-state index in [9.17, 15) is 9.59 Å². The van der Waals surface area contributed by atoms with E-state index in [0.29, 0.717) is 26.2 Å². The number of fused-ring (bicyclic) bond motifs is 1. The molecule has 1 aliphatic rings. The lowest BCUT2D eigenvalue weighted by atomic mass is 10.0. The summed E-state index contributed by atoms with van der Waals surface area (Å²) in [6.45, 7) is 8.52. The van der Waals surface area contributed by atoms with E-state index < -0.39 is 0 Å². The average molecular weight is 341 g/mol. The molecule has 2 aromatic rings. The van der Waals surface area contributed by atoms with Gasteiger partial charge in [0, 0.05) is 48.7 Å². The molecule has 134 valence electrons. The maximum atomic E-state index is 13.0. The molecule has 1 aliphatic heterocycles. The fourth-order valence-electron chi connectivity index (χ4n) is 3.74. The van der Waals surface area contributed by atoms with Crippen molar-refractivity contribution >= 4 is 22.7 Å². The molecule has 3 rings (SSSR count). The maximum Gasteiger partial charge on any atom is 0.256 e. The van der Waals surface area contributed by atoms with E-state index >= 15 is 0 Å². The van der Waals surface area contributed by atoms with Gasteiger partial charge in [-0.05, 0) is 25.8 Å². The van der Waals surface area contributed by atoms with Gasteiger partial charge in [0.1, 0.15) is 0 Å². The molecule has 0 atom stereocenters. The van der Waals surface area contributed by atoms with Gasteiger partial charge in [0.05, 0.1) is 5.56 Å². The normalized spacial score (nSPS) is 15.2. The van der Waals surface area contributed by atoms with Gasteiger partial charge in [0.2, 0.25) is 5.91 Å². The molecule has 5 heteroatoms. The Bertz CT molecular complexity index is 768. The third-order valence-electron chi connectivity index (χ3n) is 5.32. The number of nitrogens with zero attached hydrogens (tertiary/aromatic N) is 2. The number of aromatic nitrogens is 1. The molecule has 1 N–H and O–H groups in total. The summed E-state index contributed by atoms with van der Waals surface area (Å²) in [4.78, 5) is 32.6. The fraction of sp³-hybridized carbons (Fsp3) is 0.500. The first-order valence-electron chi connectivity index (χ1n) is 9.22. The van der Waals surface area contributed by atoms with E-state index in [1.54, 1.807) is 0 Å². The number of hydrogen-bond donors (Lipinski definition) is 1. The van der Waals surface area contributed by atoms with Crippen LogP contribution in [0, 0.1) is 12.8 Å². The molecule has 0 aliphatic carbocycles. The summed E-state index contributed by atoms with van der Waals surface area (Å²) in [5, 5.41) is 0.973. The van der Waals surface area contributed by atoms with E-state index in [-0.39, 0.29) is 17.7 Å². The molecule has 1 aromatic carbocycles. The number of H-pyrrole nitrogens is 1. The number of carbonyl (C=O) groups excluding carboxylic acids is 2. The van der Waals surface area contributed by atoms with Crippen LogP contribution < -0.4 is 0 Å². The van der Waals surface area contributed by atoms with Crippen LogP contribution in [0.5, 0.6) is 0 Å². The van der Waals surface area contributed by atoms with Gasteiger partial charge < -0.3 is 14.8 Å². The molecule has 25 heavy (non-hydrogen) atoms. The molecule has 1 aromatic heterocycles. The summed E-state index contributed by atoms with van der Waals surface area (Å²) in [5.74, 6) is 0.406. The van der Waals surface area contributed by atoms with Crippen LogP contribution in [0.15, 0.2) is 24.3 Å². The molecule has 0 bridgehead atoms. The number of piperazine rings is 1. The van der Waals surface area contributed by atoms with Crippen molar-refractivity contribution in [3.05, 3.63) is 35.5 Å². The predicted molar refractivity (Wildman–Crippen MR) is 99.6 cm³/mol. The lowest BCUT2D eigenvalue weighted by Crippen LogP contribution is -2.52. The zero-order chi connectivity index (χ0) is 18.0. The number of rotatable bonds is 4. The second kappa shape index (κ2) is 7.30. The van der Waals surface area contributed by atoms with Crippen molar-refractivity contribution in [3.63, 3.8) is 0 Å². The Balaban J connectivity index is 1.71. The highest BCUT2D eigenvalue weighted by molar-refractivity contribution is 6.08. The van der Waals surface area contributed by atoms with Crippen molar-refractivity contribution < 1.29 is 9.59 Å². The minimum absolute atomic E-state index is 0.0598. The summed E-state index contributed by atoms with van der Waals surface area (Å²) in [6.07, 6.45) is 1.76. The first-order chi connectivity index (χ1) is 12.1. The van der Waals surface area contributed by atoms with Crippen LogP contribution in [0.25, 0.3) is 10.9 Å². The van der Waals surface area contributed by atoms with Gasteiger partial charge >= 0.3 is 0 Å². The minimum Gasteiger partial charge on any atom is -0.358 e. The van der Waals surface area contributed by atoms with Gasteiger partial charge in [-0.2, -0.15) is 0 Å². The SMILES string of the molecule is CCC(CC)C(=O)N1CCN(C(=O)c2c(C)[nH]c3ccccc23)CC1. The zero-order valence-corrected chi connectivity index (χ0v) is 15.3. The van der Waals surface area contributed by atoms with Crippen LogP contribution in [-0.4, -0.2) is 52.8 Å². The van der Waals surface area contributed by atoms with Crippen molar-refractivity contribution in [2.24, 2.45) is 5.92 Å². The molecule has 0 radical (unpaired) electrons. The first kappa shape index (κ1) is 17.5. The van der Waals surface area contributed by atoms with Gasteiger partial charge in [-0.25, -0.2) is 0 Å². The number of hydrogen-bond acceptors (Lipinski definition) is 2. The molecular formula is C20H27N3O2. The first-order valence-corrected chi connectivity index (χ1v) is 9.22. The van der Waals surface area contributed by atoms with Crippen LogP contribution in [-0.2, 0) is 4.79 Å². The molecule has 2 amide bonds. The zero-order valence-electron chi connectivity index (χ0n) is 15.3. The van der Waals surface area contributed by atoms with Gasteiger partial charge in [0.15, 0.2) is 0 Å². The number of nitrogens with one attached hydrogen (secondary N) is 1. The Morgan fingerprint density at radius 1 is 1.04 bits per heavy atom. The number of amides is 2. The van der Waals surface area contributed by atoms with Crippen LogP contribution in [0.3, 0.4) is 0 Å². The quantitative estimate of drug-likeness (QED) is 0.928. The van der Waals surface area contributed by atoms with Crippen molar-refractivity contribution in [2.45, 2.75) is 33.6 Å². The Morgan fingerprint density at radius 3 is 2.28 bits per heavy atom. The van der Waals surface area contributed by atoms with Crippen LogP contribution in [0.1, 0.15) is 42.7 Å². The summed E-state index contributed by atoms with van der Waals surface area (Å²) >= 11 is 0.